The molecule has 158 valence electrons. The van der Waals surface area contributed by atoms with Crippen molar-refractivity contribution in [3.05, 3.63) is 63.8 Å². The number of carboxylic acids is 1. The molecule has 31 heavy (non-hydrogen) atoms. The normalized spacial score (nSPS) is 13.3. The van der Waals surface area contributed by atoms with E-state index in [4.69, 9.17) is 9.84 Å². The highest BCUT2D eigenvalue weighted by atomic mass is 16.5. The van der Waals surface area contributed by atoms with Gasteiger partial charge in [0.05, 0.1) is 24.5 Å². The van der Waals surface area contributed by atoms with E-state index in [-0.39, 0.29) is 11.5 Å². The van der Waals surface area contributed by atoms with Gasteiger partial charge in [0.2, 0.25) is 5.95 Å². The average Bonchev–Trinajstić information content (AvgIpc) is 3.42. The topological polar surface area (TPSA) is 128 Å². The Balaban J connectivity index is 1.32. The van der Waals surface area contributed by atoms with E-state index < -0.39 is 11.5 Å². The number of nitrogens with zero attached hydrogens (tertiary/aromatic N) is 5. The fourth-order valence-electron chi connectivity index (χ4n) is 3.87. The zero-order chi connectivity index (χ0) is 21.4. The van der Waals surface area contributed by atoms with Gasteiger partial charge < -0.3 is 9.84 Å². The third-order valence-corrected chi connectivity index (χ3v) is 5.43. The number of rotatable bonds is 6. The van der Waals surface area contributed by atoms with Crippen molar-refractivity contribution in [3.8, 4) is 11.7 Å². The number of aromatic amines is 1. The Labute approximate surface area is 176 Å². The number of aromatic nitrogens is 6. The number of H-pyrrole nitrogens is 1. The van der Waals surface area contributed by atoms with E-state index in [9.17, 15) is 9.59 Å². The second-order valence-corrected chi connectivity index (χ2v) is 7.46. The van der Waals surface area contributed by atoms with Crippen LogP contribution in [0.25, 0.3) is 17.0 Å². The maximum Gasteiger partial charge on any atom is 0.338 e. The molecule has 0 unspecified atom stereocenters. The van der Waals surface area contributed by atoms with Crippen LogP contribution in [-0.2, 0) is 19.4 Å². The largest absolute Gasteiger partial charge is 0.492 e. The molecule has 0 aliphatic heterocycles. The first-order valence-electron chi connectivity index (χ1n) is 10.1. The number of benzene rings is 1. The van der Waals surface area contributed by atoms with E-state index in [0.29, 0.717) is 24.2 Å². The Bertz CT molecular complexity index is 1340. The zero-order valence-corrected chi connectivity index (χ0v) is 16.6. The fourth-order valence-corrected chi connectivity index (χ4v) is 3.87. The Kier molecular flexibility index (Phi) is 4.73. The molecule has 0 saturated carbocycles. The lowest BCUT2D eigenvalue weighted by Crippen LogP contribution is -2.18. The number of hydrogen-bond acceptors (Lipinski definition) is 6. The third kappa shape index (κ3) is 3.67. The van der Waals surface area contributed by atoms with Crippen LogP contribution in [0.1, 0.15) is 34.3 Å². The van der Waals surface area contributed by atoms with E-state index in [1.165, 1.54) is 47.2 Å². The summed E-state index contributed by atoms with van der Waals surface area (Å²) in [6.45, 7) is 0.744. The molecule has 3 heterocycles. The summed E-state index contributed by atoms with van der Waals surface area (Å²) in [4.78, 5) is 30.6. The van der Waals surface area contributed by atoms with Gasteiger partial charge in [-0.3, -0.25) is 14.5 Å². The molecule has 0 saturated heterocycles. The van der Waals surface area contributed by atoms with Gasteiger partial charge in [0.1, 0.15) is 17.9 Å². The van der Waals surface area contributed by atoms with Gasteiger partial charge >= 0.3 is 5.97 Å². The van der Waals surface area contributed by atoms with E-state index in [1.807, 2.05) is 6.07 Å². The Morgan fingerprint density at radius 2 is 2.00 bits per heavy atom. The van der Waals surface area contributed by atoms with Crippen LogP contribution in [0.15, 0.2) is 41.6 Å². The number of hydrogen-bond donors (Lipinski definition) is 2. The van der Waals surface area contributed by atoms with Gasteiger partial charge in [0, 0.05) is 6.20 Å². The highest BCUT2D eigenvalue weighted by Crippen LogP contribution is 2.25. The van der Waals surface area contributed by atoms with Gasteiger partial charge in [-0.15, -0.1) is 0 Å². The number of carbonyl (C=O) groups is 1. The van der Waals surface area contributed by atoms with E-state index in [2.05, 4.69) is 32.3 Å². The molecule has 4 aromatic rings. The smallest absolute Gasteiger partial charge is 0.338 e. The maximum absolute atomic E-state index is 12.6. The van der Waals surface area contributed by atoms with Gasteiger partial charge in [-0.05, 0) is 48.9 Å². The molecule has 3 aromatic heterocycles. The van der Waals surface area contributed by atoms with Gasteiger partial charge in [0.15, 0.2) is 5.52 Å². The van der Waals surface area contributed by atoms with Crippen LogP contribution < -0.4 is 10.3 Å². The predicted octanol–water partition coefficient (Wildman–Crippen LogP) is 1.96. The molecule has 5 rings (SSSR count). The molecule has 10 heteroatoms. The van der Waals surface area contributed by atoms with Crippen LogP contribution in [0.4, 0.5) is 0 Å². The number of carboxylic acid groups (broad SMARTS) is 1. The molecule has 0 amide bonds. The van der Waals surface area contributed by atoms with Gasteiger partial charge in [-0.25, -0.2) is 14.5 Å². The number of aromatic carboxylic acids is 1. The van der Waals surface area contributed by atoms with E-state index >= 15 is 0 Å². The van der Waals surface area contributed by atoms with E-state index in [0.717, 1.165) is 18.6 Å². The highest BCUT2D eigenvalue weighted by molar-refractivity contribution is 5.87. The van der Waals surface area contributed by atoms with Crippen molar-refractivity contribution in [2.45, 2.75) is 32.2 Å². The van der Waals surface area contributed by atoms with Crippen LogP contribution >= 0.6 is 0 Å². The minimum Gasteiger partial charge on any atom is -0.492 e. The number of nitrogens with one attached hydrogen (secondary N) is 1. The molecule has 2 N–H and O–H groups in total. The monoisotopic (exact) mass is 420 g/mol. The second kappa shape index (κ2) is 7.71. The number of ether oxygens (including phenoxy) is 1. The summed E-state index contributed by atoms with van der Waals surface area (Å²) in [7, 11) is 0. The van der Waals surface area contributed by atoms with Crippen LogP contribution in [-0.4, -0.2) is 47.2 Å². The first-order valence-corrected chi connectivity index (χ1v) is 10.1. The summed E-state index contributed by atoms with van der Waals surface area (Å²) in [6.07, 6.45) is 8.63. The van der Waals surface area contributed by atoms with Crippen molar-refractivity contribution in [3.63, 3.8) is 0 Å². The minimum atomic E-state index is -1.11. The maximum atomic E-state index is 12.6. The molecule has 0 radical (unpaired) electrons. The lowest BCUT2D eigenvalue weighted by atomic mass is 9.92. The number of fused-ring (bicyclic) bond motifs is 2. The summed E-state index contributed by atoms with van der Waals surface area (Å²) in [6, 6.07) is 6.22. The first-order chi connectivity index (χ1) is 15.1. The van der Waals surface area contributed by atoms with Crippen molar-refractivity contribution in [2.75, 3.05) is 6.61 Å². The average molecular weight is 420 g/mol. The minimum absolute atomic E-state index is 0.00207. The molecular weight excluding hydrogens is 400 g/mol. The van der Waals surface area contributed by atoms with Crippen molar-refractivity contribution in [1.82, 2.24) is 29.5 Å². The fraction of sp³-hybridized carbons (Fsp3) is 0.286. The SMILES string of the molecule is O=C(O)c1cnn(-c2nc3cnn(CCOc4ccc5c(c4)CCCC5)c3c(=O)[nH]2)c1. The third-order valence-electron chi connectivity index (χ3n) is 5.43. The Morgan fingerprint density at radius 1 is 1.16 bits per heavy atom. The Hall–Kier alpha value is -3.95. The standard InChI is InChI=1S/C21H20N6O4/c28-19-18-17(24-21(25-19)27-12-15(10-22-27)20(29)30)11-23-26(18)7-8-31-16-6-5-13-3-1-2-4-14(13)9-16/h5-6,9-12H,1-4,7-8H2,(H,29,30)(H,24,25,28). The molecule has 0 atom stereocenters. The lowest BCUT2D eigenvalue weighted by molar-refractivity contribution is 0.0697. The molecule has 0 spiro atoms. The first kappa shape index (κ1) is 19.0. The zero-order valence-electron chi connectivity index (χ0n) is 16.6. The van der Waals surface area contributed by atoms with Crippen LogP contribution in [0.3, 0.4) is 0 Å². The molecule has 1 aromatic carbocycles. The Morgan fingerprint density at radius 3 is 2.81 bits per heavy atom. The molecular formula is C21H20N6O4. The molecule has 1 aliphatic rings. The summed E-state index contributed by atoms with van der Waals surface area (Å²) >= 11 is 0. The number of aryl methyl sites for hydroxylation is 2. The van der Waals surface area contributed by atoms with Crippen molar-refractivity contribution in [2.24, 2.45) is 0 Å². The van der Waals surface area contributed by atoms with E-state index in [1.54, 1.807) is 4.68 Å². The van der Waals surface area contributed by atoms with Crippen LogP contribution in [0, 0.1) is 0 Å². The summed E-state index contributed by atoms with van der Waals surface area (Å²) < 4.78 is 8.65. The van der Waals surface area contributed by atoms with Crippen LogP contribution in [0.2, 0.25) is 0 Å². The molecule has 0 bridgehead atoms. The van der Waals surface area contributed by atoms with Crippen molar-refractivity contribution in [1.29, 1.82) is 0 Å². The van der Waals surface area contributed by atoms with Gasteiger partial charge in [-0.1, -0.05) is 6.07 Å². The summed E-state index contributed by atoms with van der Waals surface area (Å²) in [5.41, 5.74) is 3.07. The van der Waals surface area contributed by atoms with Crippen molar-refractivity contribution >= 4 is 17.0 Å². The van der Waals surface area contributed by atoms with Crippen LogP contribution in [0.5, 0.6) is 5.75 Å². The van der Waals surface area contributed by atoms with Crippen molar-refractivity contribution < 1.29 is 14.6 Å². The molecule has 0 fully saturated rings. The highest BCUT2D eigenvalue weighted by Gasteiger charge is 2.14. The molecule has 10 nitrogen and oxygen atoms in total. The summed E-state index contributed by atoms with van der Waals surface area (Å²) in [5, 5.41) is 17.2. The lowest BCUT2D eigenvalue weighted by Gasteiger charge is -2.16. The summed E-state index contributed by atoms with van der Waals surface area (Å²) in [5.74, 6) is -0.171. The van der Waals surface area contributed by atoms with Gasteiger partial charge in [0.25, 0.3) is 5.56 Å². The van der Waals surface area contributed by atoms with Gasteiger partial charge in [-0.2, -0.15) is 10.2 Å². The quantitative estimate of drug-likeness (QED) is 0.488. The second-order valence-electron chi connectivity index (χ2n) is 7.46. The predicted molar refractivity (Wildman–Crippen MR) is 111 cm³/mol. The molecule has 1 aliphatic carbocycles.